The number of thioether (sulfide) groups is 1. The Labute approximate surface area is 142 Å². The van der Waals surface area contributed by atoms with Gasteiger partial charge in [0.15, 0.2) is 5.16 Å². The second-order valence-electron chi connectivity index (χ2n) is 5.05. The molecule has 0 amide bonds. The number of aromatic nitrogens is 3. The molecule has 0 bridgehead atoms. The summed E-state index contributed by atoms with van der Waals surface area (Å²) in [5.74, 6) is 1.02. The zero-order valence-electron chi connectivity index (χ0n) is 12.5. The summed E-state index contributed by atoms with van der Waals surface area (Å²) in [5, 5.41) is 1.61. The van der Waals surface area contributed by atoms with Crippen LogP contribution in [0.4, 0.5) is 0 Å². The highest BCUT2D eigenvalue weighted by atomic mass is 35.5. The summed E-state index contributed by atoms with van der Waals surface area (Å²) in [6.07, 6.45) is 1.68. The molecule has 0 radical (unpaired) electrons. The molecule has 1 aromatic carbocycles. The standard InChI is InChI=1S/C17H14ClN3OS/c1-11-7-8-19-15(9-11)21-16(22)13-5-3-4-6-14(13)20-17(21)23-10-12(2)18/h3-9H,2,10H2,1H3. The zero-order chi connectivity index (χ0) is 16.4. The maximum Gasteiger partial charge on any atom is 0.267 e. The Morgan fingerprint density at radius 2 is 2.13 bits per heavy atom. The number of aryl methyl sites for hydroxylation is 1. The normalized spacial score (nSPS) is 10.9. The molecule has 3 aromatic rings. The Hall–Kier alpha value is -2.11. The first-order chi connectivity index (χ1) is 11.1. The van der Waals surface area contributed by atoms with E-state index in [1.165, 1.54) is 16.3 Å². The average Bonchev–Trinajstić information content (AvgIpc) is 2.53. The van der Waals surface area contributed by atoms with Crippen molar-refractivity contribution < 1.29 is 0 Å². The van der Waals surface area contributed by atoms with Crippen LogP contribution in [0.5, 0.6) is 0 Å². The Morgan fingerprint density at radius 1 is 1.35 bits per heavy atom. The van der Waals surface area contributed by atoms with Crippen LogP contribution in [0.3, 0.4) is 0 Å². The maximum atomic E-state index is 12.9. The van der Waals surface area contributed by atoms with Crippen molar-refractivity contribution in [3.63, 3.8) is 0 Å². The van der Waals surface area contributed by atoms with Gasteiger partial charge in [-0.25, -0.2) is 14.5 Å². The van der Waals surface area contributed by atoms with Crippen LogP contribution in [0.2, 0.25) is 0 Å². The highest BCUT2D eigenvalue weighted by Gasteiger charge is 2.14. The number of benzene rings is 1. The molecule has 23 heavy (non-hydrogen) atoms. The Balaban J connectivity index is 2.27. The average molecular weight is 344 g/mol. The number of nitrogens with zero attached hydrogens (tertiary/aromatic N) is 3. The second kappa shape index (κ2) is 6.56. The van der Waals surface area contributed by atoms with E-state index in [0.29, 0.717) is 32.7 Å². The van der Waals surface area contributed by atoms with E-state index in [-0.39, 0.29) is 5.56 Å². The number of rotatable bonds is 4. The molecular weight excluding hydrogens is 330 g/mol. The molecule has 0 fully saturated rings. The quantitative estimate of drug-likeness (QED) is 0.532. The van der Waals surface area contributed by atoms with Gasteiger partial charge >= 0.3 is 0 Å². The lowest BCUT2D eigenvalue weighted by atomic mass is 10.2. The first kappa shape index (κ1) is 15.8. The maximum absolute atomic E-state index is 12.9. The monoisotopic (exact) mass is 343 g/mol. The zero-order valence-corrected chi connectivity index (χ0v) is 14.1. The molecule has 0 N–H and O–H groups in total. The fraction of sp³-hybridized carbons (Fsp3) is 0.118. The lowest BCUT2D eigenvalue weighted by Crippen LogP contribution is -2.22. The van der Waals surface area contributed by atoms with Gasteiger partial charge in [0, 0.05) is 17.0 Å². The van der Waals surface area contributed by atoms with E-state index >= 15 is 0 Å². The first-order valence-electron chi connectivity index (χ1n) is 6.97. The van der Waals surface area contributed by atoms with Crippen molar-refractivity contribution in [2.45, 2.75) is 12.1 Å². The molecule has 0 aliphatic rings. The fourth-order valence-electron chi connectivity index (χ4n) is 2.20. The van der Waals surface area contributed by atoms with Gasteiger partial charge in [-0.1, -0.05) is 42.1 Å². The Bertz CT molecular complexity index is 952. The van der Waals surface area contributed by atoms with Crippen LogP contribution in [-0.4, -0.2) is 20.3 Å². The number of para-hydroxylation sites is 1. The van der Waals surface area contributed by atoms with E-state index in [1.807, 2.05) is 37.3 Å². The fourth-order valence-corrected chi connectivity index (χ4v) is 3.11. The molecule has 2 heterocycles. The summed E-state index contributed by atoms with van der Waals surface area (Å²) in [5.41, 5.74) is 1.54. The van der Waals surface area contributed by atoms with Crippen LogP contribution >= 0.6 is 23.4 Å². The summed E-state index contributed by atoms with van der Waals surface area (Å²) >= 11 is 7.23. The van der Waals surface area contributed by atoms with Crippen molar-refractivity contribution in [1.29, 1.82) is 0 Å². The minimum atomic E-state index is -0.142. The molecule has 4 nitrogen and oxygen atoms in total. The van der Waals surface area contributed by atoms with E-state index in [1.54, 1.807) is 12.3 Å². The largest absolute Gasteiger partial charge is 0.268 e. The third-order valence-corrected chi connectivity index (χ3v) is 4.55. The molecule has 0 saturated heterocycles. The van der Waals surface area contributed by atoms with Crippen molar-refractivity contribution in [3.8, 4) is 5.82 Å². The van der Waals surface area contributed by atoms with E-state index in [0.717, 1.165) is 5.56 Å². The molecule has 116 valence electrons. The molecule has 2 aromatic heterocycles. The predicted octanol–water partition coefficient (Wildman–Crippen LogP) is 3.93. The molecule has 0 aliphatic carbocycles. The molecule has 0 atom stereocenters. The molecule has 3 rings (SSSR count). The Kier molecular flexibility index (Phi) is 4.50. The van der Waals surface area contributed by atoms with Gasteiger partial charge < -0.3 is 0 Å². The minimum Gasteiger partial charge on any atom is -0.268 e. The SMILES string of the molecule is C=C(Cl)CSc1nc2ccccc2c(=O)n1-c1cc(C)ccn1. The van der Waals surface area contributed by atoms with E-state index < -0.39 is 0 Å². The van der Waals surface area contributed by atoms with Crippen molar-refractivity contribution in [2.75, 3.05) is 5.75 Å². The van der Waals surface area contributed by atoms with Gasteiger partial charge in [-0.15, -0.1) is 0 Å². The van der Waals surface area contributed by atoms with Gasteiger partial charge in [0.1, 0.15) is 5.82 Å². The van der Waals surface area contributed by atoms with Crippen LogP contribution in [-0.2, 0) is 0 Å². The van der Waals surface area contributed by atoms with Gasteiger partial charge in [-0.05, 0) is 36.8 Å². The highest BCUT2D eigenvalue weighted by molar-refractivity contribution is 7.99. The predicted molar refractivity (Wildman–Crippen MR) is 95.6 cm³/mol. The first-order valence-corrected chi connectivity index (χ1v) is 8.33. The van der Waals surface area contributed by atoms with Gasteiger partial charge in [0.25, 0.3) is 5.56 Å². The molecule has 0 spiro atoms. The third kappa shape index (κ3) is 3.30. The smallest absolute Gasteiger partial charge is 0.267 e. The van der Waals surface area contributed by atoms with Crippen molar-refractivity contribution in [3.05, 3.63) is 70.1 Å². The van der Waals surface area contributed by atoms with E-state index in [4.69, 9.17) is 11.6 Å². The summed E-state index contributed by atoms with van der Waals surface area (Å²) in [4.78, 5) is 21.8. The van der Waals surface area contributed by atoms with Crippen molar-refractivity contribution >= 4 is 34.3 Å². The van der Waals surface area contributed by atoms with E-state index in [9.17, 15) is 4.79 Å². The van der Waals surface area contributed by atoms with Gasteiger partial charge in [0.05, 0.1) is 10.9 Å². The molecule has 0 aliphatic heterocycles. The van der Waals surface area contributed by atoms with Gasteiger partial charge in [-0.3, -0.25) is 4.79 Å². The van der Waals surface area contributed by atoms with Crippen molar-refractivity contribution in [2.24, 2.45) is 0 Å². The number of pyridine rings is 1. The topological polar surface area (TPSA) is 47.8 Å². The van der Waals surface area contributed by atoms with Crippen LogP contribution in [0.25, 0.3) is 16.7 Å². The highest BCUT2D eigenvalue weighted by Crippen LogP contribution is 2.23. The van der Waals surface area contributed by atoms with Gasteiger partial charge in [0.2, 0.25) is 0 Å². The van der Waals surface area contributed by atoms with Crippen LogP contribution in [0.1, 0.15) is 5.56 Å². The molecular formula is C17H14ClN3OS. The lowest BCUT2D eigenvalue weighted by Gasteiger charge is -2.12. The number of hydrogen-bond donors (Lipinski definition) is 0. The van der Waals surface area contributed by atoms with Gasteiger partial charge in [-0.2, -0.15) is 0 Å². The van der Waals surface area contributed by atoms with Crippen LogP contribution in [0, 0.1) is 6.92 Å². The van der Waals surface area contributed by atoms with Crippen LogP contribution < -0.4 is 5.56 Å². The molecule has 0 unspecified atom stereocenters. The number of hydrogen-bond acceptors (Lipinski definition) is 4. The summed E-state index contributed by atoms with van der Waals surface area (Å²) in [6, 6.07) is 11.0. The Morgan fingerprint density at radius 3 is 2.87 bits per heavy atom. The van der Waals surface area contributed by atoms with Crippen LogP contribution in [0.15, 0.2) is 64.2 Å². The number of halogens is 1. The summed E-state index contributed by atoms with van der Waals surface area (Å²) in [7, 11) is 0. The lowest BCUT2D eigenvalue weighted by molar-refractivity contribution is 0.795. The minimum absolute atomic E-state index is 0.142. The van der Waals surface area contributed by atoms with Crippen molar-refractivity contribution in [1.82, 2.24) is 14.5 Å². The second-order valence-corrected chi connectivity index (χ2v) is 6.53. The molecule has 0 saturated carbocycles. The van der Waals surface area contributed by atoms with E-state index in [2.05, 4.69) is 16.5 Å². The summed E-state index contributed by atoms with van der Waals surface area (Å²) in [6.45, 7) is 5.64. The molecule has 6 heteroatoms. The number of fused-ring (bicyclic) bond motifs is 1. The third-order valence-electron chi connectivity index (χ3n) is 3.23. The summed E-state index contributed by atoms with van der Waals surface area (Å²) < 4.78 is 1.53.